The molecule has 1 amide bonds. The molecule has 2 aromatic rings. The maximum atomic E-state index is 12.8. The lowest BCUT2D eigenvalue weighted by molar-refractivity contribution is 0.0948. The van der Waals surface area contributed by atoms with Crippen LogP contribution in [0.25, 0.3) is 5.69 Å². The number of nitrogens with zero attached hydrogens (tertiary/aromatic N) is 3. The zero-order valence-electron chi connectivity index (χ0n) is 11.3. The maximum absolute atomic E-state index is 12.8. The molecule has 1 aromatic heterocycles. The summed E-state index contributed by atoms with van der Waals surface area (Å²) in [6, 6.07) is 5.82. The molecule has 0 aliphatic carbocycles. The average Bonchev–Trinajstić information content (AvgIpc) is 2.94. The first-order valence-corrected chi connectivity index (χ1v) is 6.67. The van der Waals surface area contributed by atoms with Gasteiger partial charge in [0.2, 0.25) is 0 Å². The molecule has 2 rings (SSSR count). The molecule has 0 saturated carbocycles. The lowest BCUT2D eigenvalue weighted by Gasteiger charge is -2.01. The van der Waals surface area contributed by atoms with Crippen molar-refractivity contribution in [2.45, 2.75) is 26.2 Å². The average molecular weight is 276 g/mol. The van der Waals surface area contributed by atoms with E-state index in [0.717, 1.165) is 19.3 Å². The van der Waals surface area contributed by atoms with Crippen molar-refractivity contribution < 1.29 is 9.18 Å². The SMILES string of the molecule is CCCCCNC(=O)c1cn(-c2ccc(F)cc2)nn1. The molecule has 0 radical (unpaired) electrons. The van der Waals surface area contributed by atoms with Gasteiger partial charge in [-0.25, -0.2) is 9.07 Å². The molecule has 0 aliphatic heterocycles. The molecule has 1 N–H and O–H groups in total. The highest BCUT2D eigenvalue weighted by Crippen LogP contribution is 2.08. The molecule has 0 atom stereocenters. The largest absolute Gasteiger partial charge is 0.351 e. The van der Waals surface area contributed by atoms with Gasteiger partial charge in [0.15, 0.2) is 5.69 Å². The van der Waals surface area contributed by atoms with Gasteiger partial charge in [-0.2, -0.15) is 0 Å². The van der Waals surface area contributed by atoms with Crippen LogP contribution in [0.3, 0.4) is 0 Å². The van der Waals surface area contributed by atoms with Gasteiger partial charge < -0.3 is 5.32 Å². The number of hydrogen-bond acceptors (Lipinski definition) is 3. The van der Waals surface area contributed by atoms with E-state index in [1.54, 1.807) is 12.1 Å². The number of benzene rings is 1. The molecular formula is C14H17FN4O. The molecule has 0 spiro atoms. The summed E-state index contributed by atoms with van der Waals surface area (Å²) in [7, 11) is 0. The van der Waals surface area contributed by atoms with Crippen LogP contribution in [0.5, 0.6) is 0 Å². The molecule has 0 aliphatic rings. The van der Waals surface area contributed by atoms with Gasteiger partial charge in [0, 0.05) is 6.54 Å². The van der Waals surface area contributed by atoms with E-state index in [1.807, 2.05) is 0 Å². The monoisotopic (exact) mass is 276 g/mol. The third-order valence-corrected chi connectivity index (χ3v) is 2.88. The standard InChI is InChI=1S/C14H17FN4O/c1-2-3-4-9-16-14(20)13-10-19(18-17-13)12-7-5-11(15)6-8-12/h5-8,10H,2-4,9H2,1H3,(H,16,20). The second-order valence-electron chi connectivity index (χ2n) is 4.49. The fourth-order valence-electron chi connectivity index (χ4n) is 1.76. The van der Waals surface area contributed by atoms with Gasteiger partial charge in [0.25, 0.3) is 5.91 Å². The minimum absolute atomic E-state index is 0.241. The number of amides is 1. The lowest BCUT2D eigenvalue weighted by atomic mass is 10.2. The zero-order valence-corrected chi connectivity index (χ0v) is 11.3. The van der Waals surface area contributed by atoms with Crippen LogP contribution in [0.2, 0.25) is 0 Å². The van der Waals surface area contributed by atoms with Gasteiger partial charge in [0.05, 0.1) is 11.9 Å². The van der Waals surface area contributed by atoms with Crippen molar-refractivity contribution in [3.05, 3.63) is 42.0 Å². The molecule has 5 nitrogen and oxygen atoms in total. The third-order valence-electron chi connectivity index (χ3n) is 2.88. The predicted molar refractivity (Wildman–Crippen MR) is 73.2 cm³/mol. The van der Waals surface area contributed by atoms with Gasteiger partial charge in [-0.1, -0.05) is 25.0 Å². The molecule has 20 heavy (non-hydrogen) atoms. The number of nitrogens with one attached hydrogen (secondary N) is 1. The first-order valence-electron chi connectivity index (χ1n) is 6.67. The minimum atomic E-state index is -0.317. The first-order chi connectivity index (χ1) is 9.70. The summed E-state index contributed by atoms with van der Waals surface area (Å²) in [6.07, 6.45) is 4.68. The van der Waals surface area contributed by atoms with Crippen LogP contribution >= 0.6 is 0 Å². The van der Waals surface area contributed by atoms with E-state index >= 15 is 0 Å². The Morgan fingerprint density at radius 3 is 2.75 bits per heavy atom. The fraction of sp³-hybridized carbons (Fsp3) is 0.357. The van der Waals surface area contributed by atoms with Gasteiger partial charge >= 0.3 is 0 Å². The lowest BCUT2D eigenvalue weighted by Crippen LogP contribution is -2.24. The number of hydrogen-bond donors (Lipinski definition) is 1. The molecule has 1 heterocycles. The Morgan fingerprint density at radius 2 is 2.05 bits per heavy atom. The molecule has 0 bridgehead atoms. The highest BCUT2D eigenvalue weighted by atomic mass is 19.1. The van der Waals surface area contributed by atoms with Crippen LogP contribution in [0, 0.1) is 5.82 Å². The summed E-state index contributed by atoms with van der Waals surface area (Å²) in [5.41, 5.74) is 0.912. The molecule has 0 fully saturated rings. The number of aromatic nitrogens is 3. The van der Waals surface area contributed by atoms with E-state index in [4.69, 9.17) is 0 Å². The van der Waals surface area contributed by atoms with Crippen molar-refractivity contribution in [1.29, 1.82) is 0 Å². The quantitative estimate of drug-likeness (QED) is 0.824. The second-order valence-corrected chi connectivity index (χ2v) is 4.49. The molecular weight excluding hydrogens is 259 g/mol. The highest BCUT2D eigenvalue weighted by molar-refractivity contribution is 5.91. The molecule has 0 saturated heterocycles. The second kappa shape index (κ2) is 6.79. The van der Waals surface area contributed by atoms with E-state index in [2.05, 4.69) is 22.6 Å². The number of halogens is 1. The Hall–Kier alpha value is -2.24. The predicted octanol–water partition coefficient (Wildman–Crippen LogP) is 2.33. The summed E-state index contributed by atoms with van der Waals surface area (Å²) in [5.74, 6) is -0.558. The van der Waals surface area contributed by atoms with Crippen molar-refractivity contribution in [2.24, 2.45) is 0 Å². The van der Waals surface area contributed by atoms with Crippen LogP contribution in [0.4, 0.5) is 4.39 Å². The fourth-order valence-corrected chi connectivity index (χ4v) is 1.76. The van der Waals surface area contributed by atoms with Gasteiger partial charge in [-0.05, 0) is 30.7 Å². The Labute approximate surface area is 116 Å². The maximum Gasteiger partial charge on any atom is 0.273 e. The summed E-state index contributed by atoms with van der Waals surface area (Å²) in [5, 5.41) is 10.5. The number of rotatable bonds is 6. The van der Waals surface area contributed by atoms with E-state index in [1.165, 1.54) is 23.0 Å². The van der Waals surface area contributed by atoms with Gasteiger partial charge in [-0.15, -0.1) is 5.10 Å². The van der Waals surface area contributed by atoms with E-state index in [0.29, 0.717) is 12.2 Å². The van der Waals surface area contributed by atoms with Crippen molar-refractivity contribution in [3.63, 3.8) is 0 Å². The normalized spacial score (nSPS) is 10.5. The van der Waals surface area contributed by atoms with Crippen LogP contribution in [0.15, 0.2) is 30.5 Å². The Balaban J connectivity index is 1.98. The van der Waals surface area contributed by atoms with Crippen molar-refractivity contribution in [2.75, 3.05) is 6.54 Å². The Kier molecular flexibility index (Phi) is 4.81. The van der Waals surface area contributed by atoms with Gasteiger partial charge in [-0.3, -0.25) is 4.79 Å². The van der Waals surface area contributed by atoms with Crippen LogP contribution in [-0.4, -0.2) is 27.4 Å². The Bertz CT molecular complexity index is 565. The molecule has 6 heteroatoms. The number of carbonyl (C=O) groups excluding carboxylic acids is 1. The first kappa shape index (κ1) is 14.2. The number of carbonyl (C=O) groups is 1. The third kappa shape index (κ3) is 3.63. The summed E-state index contributed by atoms with van der Waals surface area (Å²) >= 11 is 0. The smallest absolute Gasteiger partial charge is 0.273 e. The van der Waals surface area contributed by atoms with E-state index < -0.39 is 0 Å². The van der Waals surface area contributed by atoms with Crippen molar-refractivity contribution in [3.8, 4) is 5.69 Å². The molecule has 1 aromatic carbocycles. The summed E-state index contributed by atoms with van der Waals surface area (Å²) in [4.78, 5) is 11.8. The van der Waals surface area contributed by atoms with Crippen molar-refractivity contribution >= 4 is 5.91 Å². The highest BCUT2D eigenvalue weighted by Gasteiger charge is 2.10. The molecule has 0 unspecified atom stereocenters. The minimum Gasteiger partial charge on any atom is -0.351 e. The van der Waals surface area contributed by atoms with E-state index in [9.17, 15) is 9.18 Å². The Morgan fingerprint density at radius 1 is 1.30 bits per heavy atom. The summed E-state index contributed by atoms with van der Waals surface area (Å²) < 4.78 is 14.3. The van der Waals surface area contributed by atoms with Crippen molar-refractivity contribution in [1.82, 2.24) is 20.3 Å². The zero-order chi connectivity index (χ0) is 14.4. The topological polar surface area (TPSA) is 59.8 Å². The van der Waals surface area contributed by atoms with Crippen LogP contribution < -0.4 is 5.32 Å². The molecule has 106 valence electrons. The van der Waals surface area contributed by atoms with Gasteiger partial charge in [0.1, 0.15) is 5.82 Å². The summed E-state index contributed by atoms with van der Waals surface area (Å²) in [6.45, 7) is 2.74. The van der Waals surface area contributed by atoms with Crippen LogP contribution in [0.1, 0.15) is 36.7 Å². The van der Waals surface area contributed by atoms with Crippen LogP contribution in [-0.2, 0) is 0 Å². The number of unbranched alkanes of at least 4 members (excludes halogenated alkanes) is 2. The van der Waals surface area contributed by atoms with E-state index in [-0.39, 0.29) is 17.4 Å².